The summed E-state index contributed by atoms with van der Waals surface area (Å²) in [5, 5.41) is 10.4. The summed E-state index contributed by atoms with van der Waals surface area (Å²) in [6.45, 7) is 4.58. The van der Waals surface area contributed by atoms with E-state index in [9.17, 15) is 9.90 Å². The lowest BCUT2D eigenvalue weighted by molar-refractivity contribution is 0.106. The van der Waals surface area contributed by atoms with Gasteiger partial charge in [-0.1, -0.05) is 13.0 Å². The van der Waals surface area contributed by atoms with Crippen LogP contribution in [0.3, 0.4) is 0 Å². The molecule has 1 aliphatic carbocycles. The number of aliphatic hydroxyl groups is 1. The Hall–Kier alpha value is -1.55. The normalized spacial score (nSPS) is 18.7. The quantitative estimate of drug-likeness (QED) is 0.920. The lowest BCUT2D eigenvalue weighted by Crippen LogP contribution is -2.12. The summed E-state index contributed by atoms with van der Waals surface area (Å²) in [5.74, 6) is 0.565. The molecule has 0 bridgehead atoms. The average Bonchev–Trinajstić information content (AvgIpc) is 3.19. The van der Waals surface area contributed by atoms with Crippen molar-refractivity contribution in [2.45, 2.75) is 39.3 Å². The molecule has 0 saturated heterocycles. The number of aliphatic hydroxyl groups excluding tert-OH is 1. The Morgan fingerprint density at radius 3 is 2.84 bits per heavy atom. The van der Waals surface area contributed by atoms with E-state index in [4.69, 9.17) is 4.42 Å². The fourth-order valence-corrected chi connectivity index (χ4v) is 2.75. The van der Waals surface area contributed by atoms with Gasteiger partial charge in [-0.05, 0) is 49.3 Å². The van der Waals surface area contributed by atoms with E-state index in [-0.39, 0.29) is 11.7 Å². The number of nitrogens with zero attached hydrogens (tertiary/aromatic N) is 1. The molecule has 2 aromatic rings. The van der Waals surface area contributed by atoms with Crippen molar-refractivity contribution >= 4 is 11.1 Å². The van der Waals surface area contributed by atoms with E-state index in [1.54, 1.807) is 10.6 Å². The number of aryl methyl sites for hydroxylation is 1. The Morgan fingerprint density at radius 2 is 2.21 bits per heavy atom. The first-order valence-corrected chi connectivity index (χ1v) is 6.93. The summed E-state index contributed by atoms with van der Waals surface area (Å²) in [6, 6.07) is 5.56. The monoisotopic (exact) mass is 261 g/mol. The molecule has 1 aromatic heterocycles. The van der Waals surface area contributed by atoms with Crippen LogP contribution in [0, 0.1) is 11.8 Å². The van der Waals surface area contributed by atoms with E-state index < -0.39 is 6.10 Å². The van der Waals surface area contributed by atoms with Gasteiger partial charge < -0.3 is 9.52 Å². The second kappa shape index (κ2) is 4.53. The van der Waals surface area contributed by atoms with Crippen molar-refractivity contribution in [2.24, 2.45) is 11.8 Å². The standard InChI is InChI=1S/C15H19NO3/c1-3-16-12-7-6-11(8-13(12)19-15(16)18)14(17)9(2)10-4-5-10/h6-10,14,17H,3-5H2,1-2H3. The smallest absolute Gasteiger partial charge is 0.408 e. The van der Waals surface area contributed by atoms with Gasteiger partial charge in [0.2, 0.25) is 0 Å². The van der Waals surface area contributed by atoms with Crippen LogP contribution in [0.2, 0.25) is 0 Å². The molecule has 3 rings (SSSR count). The molecule has 0 amide bonds. The molecule has 102 valence electrons. The summed E-state index contributed by atoms with van der Waals surface area (Å²) in [7, 11) is 0. The average molecular weight is 261 g/mol. The van der Waals surface area contributed by atoms with Crippen molar-refractivity contribution in [3.8, 4) is 0 Å². The maximum Gasteiger partial charge on any atom is 0.419 e. The molecule has 1 aliphatic rings. The molecule has 4 nitrogen and oxygen atoms in total. The minimum absolute atomic E-state index is 0.262. The third-order valence-corrected chi connectivity index (χ3v) is 4.21. The third kappa shape index (κ3) is 2.10. The third-order valence-electron chi connectivity index (χ3n) is 4.21. The van der Waals surface area contributed by atoms with Crippen molar-refractivity contribution in [3.63, 3.8) is 0 Å². The second-order valence-corrected chi connectivity index (χ2v) is 5.48. The molecular formula is C15H19NO3. The zero-order chi connectivity index (χ0) is 13.6. The summed E-state index contributed by atoms with van der Waals surface area (Å²) >= 11 is 0. The highest BCUT2D eigenvalue weighted by Gasteiger charge is 2.33. The van der Waals surface area contributed by atoms with Crippen molar-refractivity contribution in [1.29, 1.82) is 0 Å². The predicted molar refractivity (Wildman–Crippen MR) is 73.0 cm³/mol. The minimum Gasteiger partial charge on any atom is -0.408 e. The van der Waals surface area contributed by atoms with Crippen molar-refractivity contribution in [1.82, 2.24) is 4.57 Å². The fourth-order valence-electron chi connectivity index (χ4n) is 2.75. The molecule has 1 saturated carbocycles. The van der Waals surface area contributed by atoms with E-state index in [0.717, 1.165) is 11.1 Å². The highest BCUT2D eigenvalue weighted by atomic mass is 16.4. The SMILES string of the molecule is CCn1c(=O)oc2cc(C(O)C(C)C3CC3)ccc21. The topological polar surface area (TPSA) is 55.4 Å². The van der Waals surface area contributed by atoms with Crippen LogP contribution in [0.15, 0.2) is 27.4 Å². The van der Waals surface area contributed by atoms with Gasteiger partial charge in [-0.25, -0.2) is 4.79 Å². The van der Waals surface area contributed by atoms with Crippen LogP contribution in [0.4, 0.5) is 0 Å². The van der Waals surface area contributed by atoms with Crippen LogP contribution >= 0.6 is 0 Å². The summed E-state index contributed by atoms with van der Waals surface area (Å²) in [5.41, 5.74) is 2.19. The van der Waals surface area contributed by atoms with Crippen LogP contribution in [0.5, 0.6) is 0 Å². The molecule has 0 radical (unpaired) electrons. The van der Waals surface area contributed by atoms with Gasteiger partial charge in [-0.15, -0.1) is 0 Å². The molecule has 1 heterocycles. The van der Waals surface area contributed by atoms with Gasteiger partial charge in [-0.3, -0.25) is 4.57 Å². The number of hydrogen-bond donors (Lipinski definition) is 1. The molecule has 1 aromatic carbocycles. The number of hydrogen-bond acceptors (Lipinski definition) is 3. The number of rotatable bonds is 4. The van der Waals surface area contributed by atoms with Gasteiger partial charge in [0, 0.05) is 6.54 Å². The zero-order valence-corrected chi connectivity index (χ0v) is 11.3. The van der Waals surface area contributed by atoms with Crippen LogP contribution in [0.1, 0.15) is 38.4 Å². The highest BCUT2D eigenvalue weighted by Crippen LogP contribution is 2.42. The largest absolute Gasteiger partial charge is 0.419 e. The zero-order valence-electron chi connectivity index (χ0n) is 11.3. The number of aromatic nitrogens is 1. The lowest BCUT2D eigenvalue weighted by atomic mass is 9.93. The molecule has 1 fully saturated rings. The van der Waals surface area contributed by atoms with Crippen LogP contribution < -0.4 is 5.76 Å². The van der Waals surface area contributed by atoms with E-state index in [1.807, 2.05) is 19.1 Å². The molecule has 0 aliphatic heterocycles. The lowest BCUT2D eigenvalue weighted by Gasteiger charge is -2.18. The van der Waals surface area contributed by atoms with Gasteiger partial charge in [0.15, 0.2) is 5.58 Å². The number of benzene rings is 1. The Bertz CT molecular complexity index is 651. The second-order valence-electron chi connectivity index (χ2n) is 5.48. The molecule has 2 unspecified atom stereocenters. The summed E-state index contributed by atoms with van der Waals surface area (Å²) in [6.07, 6.45) is 1.94. The van der Waals surface area contributed by atoms with Crippen molar-refractivity contribution in [2.75, 3.05) is 0 Å². The van der Waals surface area contributed by atoms with Gasteiger partial charge >= 0.3 is 5.76 Å². The Morgan fingerprint density at radius 1 is 1.47 bits per heavy atom. The fraction of sp³-hybridized carbons (Fsp3) is 0.533. The molecular weight excluding hydrogens is 242 g/mol. The van der Waals surface area contributed by atoms with Gasteiger partial charge in [-0.2, -0.15) is 0 Å². The minimum atomic E-state index is -0.479. The van der Waals surface area contributed by atoms with Crippen LogP contribution in [-0.2, 0) is 6.54 Å². The van der Waals surface area contributed by atoms with Crippen molar-refractivity contribution in [3.05, 3.63) is 34.3 Å². The van der Waals surface area contributed by atoms with E-state index in [0.29, 0.717) is 18.0 Å². The van der Waals surface area contributed by atoms with E-state index in [2.05, 4.69) is 6.92 Å². The molecule has 0 spiro atoms. The number of fused-ring (bicyclic) bond motifs is 1. The Labute approximate surface area is 111 Å². The molecule has 2 atom stereocenters. The van der Waals surface area contributed by atoms with Crippen LogP contribution in [0.25, 0.3) is 11.1 Å². The first-order chi connectivity index (χ1) is 9.11. The summed E-state index contributed by atoms with van der Waals surface area (Å²) < 4.78 is 6.83. The van der Waals surface area contributed by atoms with Gasteiger partial charge in [0.05, 0.1) is 11.6 Å². The number of oxazole rings is 1. The van der Waals surface area contributed by atoms with E-state index >= 15 is 0 Å². The summed E-state index contributed by atoms with van der Waals surface area (Å²) in [4.78, 5) is 11.6. The van der Waals surface area contributed by atoms with Crippen LogP contribution in [-0.4, -0.2) is 9.67 Å². The first kappa shape index (κ1) is 12.5. The molecule has 4 heteroatoms. The Balaban J connectivity index is 1.99. The highest BCUT2D eigenvalue weighted by molar-refractivity contribution is 5.73. The Kier molecular flexibility index (Phi) is 2.97. The maximum absolute atomic E-state index is 11.6. The predicted octanol–water partition coefficient (Wildman–Crippen LogP) is 2.69. The van der Waals surface area contributed by atoms with Crippen molar-refractivity contribution < 1.29 is 9.52 Å². The van der Waals surface area contributed by atoms with Gasteiger partial charge in [0.25, 0.3) is 0 Å². The van der Waals surface area contributed by atoms with Gasteiger partial charge in [0.1, 0.15) is 0 Å². The first-order valence-electron chi connectivity index (χ1n) is 6.93. The van der Waals surface area contributed by atoms with E-state index in [1.165, 1.54) is 12.8 Å². The molecule has 1 N–H and O–H groups in total. The molecule has 19 heavy (non-hydrogen) atoms. The maximum atomic E-state index is 11.6.